The Labute approximate surface area is 132 Å². The second-order valence-electron chi connectivity index (χ2n) is 6.16. The highest BCUT2D eigenvalue weighted by Gasteiger charge is 2.19. The van der Waals surface area contributed by atoms with Crippen LogP contribution in [0.25, 0.3) is 0 Å². The van der Waals surface area contributed by atoms with Gasteiger partial charge in [-0.25, -0.2) is 4.79 Å². The van der Waals surface area contributed by atoms with Crippen molar-refractivity contribution >= 4 is 5.97 Å². The summed E-state index contributed by atoms with van der Waals surface area (Å²) in [6.45, 7) is 7.59. The molecule has 0 N–H and O–H groups in total. The molecule has 112 valence electrons. The van der Waals surface area contributed by atoms with Gasteiger partial charge in [-0.15, -0.1) is 0 Å². The van der Waals surface area contributed by atoms with Gasteiger partial charge in [0.1, 0.15) is 5.60 Å². The molecule has 0 saturated carbocycles. The van der Waals surface area contributed by atoms with Crippen LogP contribution in [0.1, 0.15) is 47.8 Å². The largest absolute Gasteiger partial charge is 0.456 e. The van der Waals surface area contributed by atoms with E-state index >= 15 is 0 Å². The third-order valence-electron chi connectivity index (χ3n) is 2.94. The van der Waals surface area contributed by atoms with Crippen molar-refractivity contribution in [1.29, 1.82) is 0 Å². The molecule has 0 saturated heterocycles. The van der Waals surface area contributed by atoms with Crippen LogP contribution in [0.3, 0.4) is 0 Å². The third-order valence-corrected chi connectivity index (χ3v) is 2.94. The molecule has 2 heteroatoms. The first-order valence-electron chi connectivity index (χ1n) is 7.26. The predicted octanol–water partition coefficient (Wildman–Crippen LogP) is 4.35. The average Bonchev–Trinajstić information content (AvgIpc) is 2.45. The highest BCUT2D eigenvalue weighted by molar-refractivity contribution is 5.92. The summed E-state index contributed by atoms with van der Waals surface area (Å²) in [7, 11) is 0. The molecule has 0 amide bonds. The topological polar surface area (TPSA) is 26.3 Å². The number of ether oxygens (including phenoxy) is 1. The van der Waals surface area contributed by atoms with Crippen LogP contribution in [0.2, 0.25) is 0 Å². The molecular formula is C20H20O2. The zero-order valence-corrected chi connectivity index (χ0v) is 13.4. The number of rotatable bonds is 1. The zero-order valence-electron chi connectivity index (χ0n) is 13.4. The van der Waals surface area contributed by atoms with Gasteiger partial charge < -0.3 is 4.74 Å². The van der Waals surface area contributed by atoms with Gasteiger partial charge in [-0.2, -0.15) is 0 Å². The van der Waals surface area contributed by atoms with Crippen LogP contribution in [0.5, 0.6) is 0 Å². The fourth-order valence-corrected chi connectivity index (χ4v) is 1.88. The van der Waals surface area contributed by atoms with E-state index in [0.29, 0.717) is 11.1 Å². The Kier molecular flexibility index (Phi) is 4.68. The van der Waals surface area contributed by atoms with Crippen molar-refractivity contribution in [2.75, 3.05) is 0 Å². The van der Waals surface area contributed by atoms with E-state index in [2.05, 4.69) is 11.8 Å². The summed E-state index contributed by atoms with van der Waals surface area (Å²) in [6, 6.07) is 15.2. The molecule has 0 unspecified atom stereocenters. The molecule has 0 heterocycles. The van der Waals surface area contributed by atoms with Crippen molar-refractivity contribution in [3.05, 3.63) is 70.8 Å². The summed E-state index contributed by atoms with van der Waals surface area (Å²) in [6.07, 6.45) is 0. The van der Waals surface area contributed by atoms with Crippen molar-refractivity contribution < 1.29 is 9.53 Å². The Morgan fingerprint density at radius 3 is 2.23 bits per heavy atom. The first kappa shape index (κ1) is 15.9. The zero-order chi connectivity index (χ0) is 16.2. The highest BCUT2D eigenvalue weighted by Crippen LogP contribution is 2.15. The van der Waals surface area contributed by atoms with Crippen LogP contribution in [0, 0.1) is 18.8 Å². The molecule has 0 fully saturated rings. The summed E-state index contributed by atoms with van der Waals surface area (Å²) >= 11 is 0. The Balaban J connectivity index is 2.30. The normalized spacial score (nSPS) is 10.5. The van der Waals surface area contributed by atoms with Crippen LogP contribution in [-0.4, -0.2) is 11.6 Å². The Bertz CT molecular complexity index is 723. The lowest BCUT2D eigenvalue weighted by atomic mass is 10.1. The number of esters is 1. The molecule has 0 aliphatic rings. The van der Waals surface area contributed by atoms with Gasteiger partial charge in [-0.05, 0) is 52.0 Å². The monoisotopic (exact) mass is 292 g/mol. The Morgan fingerprint density at radius 1 is 0.955 bits per heavy atom. The van der Waals surface area contributed by atoms with E-state index in [1.54, 1.807) is 6.07 Å². The number of benzene rings is 2. The minimum atomic E-state index is -0.519. The van der Waals surface area contributed by atoms with E-state index in [9.17, 15) is 4.79 Å². The fraction of sp³-hybridized carbons (Fsp3) is 0.250. The van der Waals surface area contributed by atoms with E-state index in [1.165, 1.54) is 5.56 Å². The van der Waals surface area contributed by atoms with E-state index in [-0.39, 0.29) is 5.97 Å². The molecular weight excluding hydrogens is 272 g/mol. The summed E-state index contributed by atoms with van der Waals surface area (Å²) in [5, 5.41) is 0. The first-order chi connectivity index (χ1) is 10.3. The van der Waals surface area contributed by atoms with Gasteiger partial charge in [0, 0.05) is 11.1 Å². The molecule has 0 radical (unpaired) electrons. The van der Waals surface area contributed by atoms with Gasteiger partial charge in [0.25, 0.3) is 0 Å². The molecule has 2 nitrogen and oxygen atoms in total. The van der Waals surface area contributed by atoms with E-state index in [1.807, 2.05) is 70.2 Å². The van der Waals surface area contributed by atoms with Crippen molar-refractivity contribution in [1.82, 2.24) is 0 Å². The Morgan fingerprint density at radius 2 is 1.59 bits per heavy atom. The van der Waals surface area contributed by atoms with Crippen LogP contribution >= 0.6 is 0 Å². The highest BCUT2D eigenvalue weighted by atomic mass is 16.6. The predicted molar refractivity (Wildman–Crippen MR) is 88.8 cm³/mol. The van der Waals surface area contributed by atoms with Crippen molar-refractivity contribution in [2.45, 2.75) is 33.3 Å². The first-order valence-corrected chi connectivity index (χ1v) is 7.26. The van der Waals surface area contributed by atoms with Gasteiger partial charge >= 0.3 is 5.97 Å². The number of carbonyl (C=O) groups is 1. The second kappa shape index (κ2) is 6.49. The Hall–Kier alpha value is -2.53. The third kappa shape index (κ3) is 4.49. The lowest BCUT2D eigenvalue weighted by Crippen LogP contribution is -2.24. The van der Waals surface area contributed by atoms with Crippen LogP contribution in [0.15, 0.2) is 48.5 Å². The average molecular weight is 292 g/mol. The molecule has 2 aromatic carbocycles. The van der Waals surface area contributed by atoms with Crippen LogP contribution < -0.4 is 0 Å². The molecule has 0 aliphatic carbocycles. The summed E-state index contributed by atoms with van der Waals surface area (Å²) < 4.78 is 5.43. The molecule has 2 aromatic rings. The quantitative estimate of drug-likeness (QED) is 0.577. The summed E-state index contributed by atoms with van der Waals surface area (Å²) in [5.74, 6) is 5.81. The lowest BCUT2D eigenvalue weighted by Gasteiger charge is -2.19. The maximum Gasteiger partial charge on any atom is 0.339 e. The number of hydrogen-bond acceptors (Lipinski definition) is 2. The van der Waals surface area contributed by atoms with Crippen LogP contribution in [-0.2, 0) is 4.74 Å². The SMILES string of the molecule is Cc1ccc(C#Cc2ccccc2C(=O)OC(C)(C)C)cc1. The van der Waals surface area contributed by atoms with Gasteiger partial charge in [-0.3, -0.25) is 0 Å². The summed E-state index contributed by atoms with van der Waals surface area (Å²) in [4.78, 5) is 12.2. The van der Waals surface area contributed by atoms with Crippen molar-refractivity contribution in [3.8, 4) is 11.8 Å². The number of aryl methyl sites for hydroxylation is 1. The smallest absolute Gasteiger partial charge is 0.339 e. The standard InChI is InChI=1S/C20H20O2/c1-15-9-11-16(12-10-15)13-14-17-7-5-6-8-18(17)19(21)22-20(2,3)4/h5-12H,1-4H3. The molecule has 0 aromatic heterocycles. The summed E-state index contributed by atoms with van der Waals surface area (Å²) in [5.41, 5.74) is 2.77. The maximum absolute atomic E-state index is 12.2. The molecule has 22 heavy (non-hydrogen) atoms. The number of carbonyl (C=O) groups excluding carboxylic acids is 1. The molecule has 2 rings (SSSR count). The van der Waals surface area contributed by atoms with E-state index in [0.717, 1.165) is 5.56 Å². The lowest BCUT2D eigenvalue weighted by molar-refractivity contribution is 0.00693. The number of hydrogen-bond donors (Lipinski definition) is 0. The van der Waals surface area contributed by atoms with Crippen molar-refractivity contribution in [3.63, 3.8) is 0 Å². The van der Waals surface area contributed by atoms with E-state index < -0.39 is 5.60 Å². The minimum Gasteiger partial charge on any atom is -0.456 e. The molecule has 0 bridgehead atoms. The van der Waals surface area contributed by atoms with Gasteiger partial charge in [0.2, 0.25) is 0 Å². The van der Waals surface area contributed by atoms with E-state index in [4.69, 9.17) is 4.74 Å². The van der Waals surface area contributed by atoms with Gasteiger partial charge in [0.05, 0.1) is 5.56 Å². The molecule has 0 aliphatic heterocycles. The van der Waals surface area contributed by atoms with Gasteiger partial charge in [-0.1, -0.05) is 41.7 Å². The molecule has 0 spiro atoms. The van der Waals surface area contributed by atoms with Crippen LogP contribution in [0.4, 0.5) is 0 Å². The van der Waals surface area contributed by atoms with Crippen molar-refractivity contribution in [2.24, 2.45) is 0 Å². The minimum absolute atomic E-state index is 0.346. The maximum atomic E-state index is 12.2. The second-order valence-corrected chi connectivity index (χ2v) is 6.16. The fourth-order valence-electron chi connectivity index (χ4n) is 1.88. The van der Waals surface area contributed by atoms with Gasteiger partial charge in [0.15, 0.2) is 0 Å². The molecule has 0 atom stereocenters.